The predicted molar refractivity (Wildman–Crippen MR) is 84.0 cm³/mol. The molecule has 0 spiro atoms. The van der Waals surface area contributed by atoms with Crippen LogP contribution in [0.15, 0.2) is 34.7 Å². The van der Waals surface area contributed by atoms with Crippen molar-refractivity contribution >= 4 is 22.6 Å². The molecular formula is C16H16F2N2OS. The molecule has 1 saturated carbocycles. The Morgan fingerprint density at radius 3 is 2.73 bits per heavy atom. The molecule has 1 aliphatic carbocycles. The van der Waals surface area contributed by atoms with Crippen molar-refractivity contribution in [2.45, 2.75) is 44.4 Å². The number of amidine groups is 1. The molecule has 0 unspecified atom stereocenters. The monoisotopic (exact) mass is 322 g/mol. The summed E-state index contributed by atoms with van der Waals surface area (Å²) < 4.78 is 28.9. The van der Waals surface area contributed by atoms with Crippen LogP contribution in [0.3, 0.4) is 0 Å². The van der Waals surface area contributed by atoms with Crippen molar-refractivity contribution in [3.8, 4) is 5.75 Å². The number of halogens is 2. The average molecular weight is 322 g/mol. The first-order chi connectivity index (χ1) is 10.7. The SMILES string of the molecule is FC(F)Oc1ccc(C2=CSC3=N[C@H]4CCCC[C@@H]4N23)cc1. The minimum atomic E-state index is -2.78. The Morgan fingerprint density at radius 1 is 1.18 bits per heavy atom. The van der Waals surface area contributed by atoms with E-state index in [1.54, 1.807) is 23.9 Å². The molecule has 0 amide bonds. The molecule has 3 aliphatic rings. The van der Waals surface area contributed by atoms with Gasteiger partial charge in [-0.15, -0.1) is 0 Å². The zero-order chi connectivity index (χ0) is 15.1. The summed E-state index contributed by atoms with van der Waals surface area (Å²) in [6, 6.07) is 7.74. The summed E-state index contributed by atoms with van der Waals surface area (Å²) in [5.74, 6) is 0.191. The second-order valence-electron chi connectivity index (χ2n) is 5.72. The lowest BCUT2D eigenvalue weighted by Crippen LogP contribution is -2.38. The fraction of sp³-hybridized carbons (Fsp3) is 0.438. The summed E-state index contributed by atoms with van der Waals surface area (Å²) in [4.78, 5) is 7.17. The van der Waals surface area contributed by atoms with Crippen LogP contribution >= 0.6 is 11.8 Å². The van der Waals surface area contributed by atoms with E-state index in [1.165, 1.54) is 25.7 Å². The maximum Gasteiger partial charge on any atom is 0.387 e. The van der Waals surface area contributed by atoms with Gasteiger partial charge >= 0.3 is 6.61 Å². The molecule has 1 aromatic carbocycles. The van der Waals surface area contributed by atoms with E-state index in [2.05, 4.69) is 15.0 Å². The van der Waals surface area contributed by atoms with Gasteiger partial charge in [-0.3, -0.25) is 4.99 Å². The highest BCUT2D eigenvalue weighted by atomic mass is 32.2. The Hall–Kier alpha value is -1.56. The second kappa shape index (κ2) is 5.57. The summed E-state index contributed by atoms with van der Waals surface area (Å²) in [6.45, 7) is -2.78. The molecule has 1 aromatic rings. The van der Waals surface area contributed by atoms with Gasteiger partial charge < -0.3 is 9.64 Å². The van der Waals surface area contributed by atoms with Crippen molar-refractivity contribution in [1.29, 1.82) is 0 Å². The third-order valence-corrected chi connectivity index (χ3v) is 5.27. The summed E-state index contributed by atoms with van der Waals surface area (Å²) in [5.41, 5.74) is 2.15. The van der Waals surface area contributed by atoms with Gasteiger partial charge in [0.1, 0.15) is 5.75 Å². The Labute approximate surface area is 132 Å². The number of rotatable bonds is 3. The van der Waals surface area contributed by atoms with E-state index in [-0.39, 0.29) is 5.75 Å². The lowest BCUT2D eigenvalue weighted by molar-refractivity contribution is -0.0498. The fourth-order valence-corrected chi connectivity index (χ4v) is 4.45. The molecule has 116 valence electrons. The second-order valence-corrected chi connectivity index (χ2v) is 6.56. The van der Waals surface area contributed by atoms with Gasteiger partial charge in [-0.05, 0) is 42.7 Å². The van der Waals surface area contributed by atoms with Crippen molar-refractivity contribution in [2.75, 3.05) is 0 Å². The first-order valence-electron chi connectivity index (χ1n) is 7.51. The highest BCUT2D eigenvalue weighted by Crippen LogP contribution is 2.44. The van der Waals surface area contributed by atoms with Gasteiger partial charge in [0, 0.05) is 5.41 Å². The fourth-order valence-electron chi connectivity index (χ4n) is 3.44. The number of ether oxygens (including phenoxy) is 1. The van der Waals surface area contributed by atoms with Gasteiger partial charge in [0.2, 0.25) is 0 Å². The maximum absolute atomic E-state index is 12.2. The number of hydrogen-bond acceptors (Lipinski definition) is 4. The van der Waals surface area contributed by atoms with Crippen LogP contribution in [0.1, 0.15) is 31.2 Å². The molecule has 0 radical (unpaired) electrons. The molecule has 2 atom stereocenters. The molecule has 3 nitrogen and oxygen atoms in total. The van der Waals surface area contributed by atoms with Crippen molar-refractivity contribution in [1.82, 2.24) is 4.90 Å². The van der Waals surface area contributed by atoms with E-state index in [4.69, 9.17) is 4.99 Å². The zero-order valence-corrected chi connectivity index (χ0v) is 12.7. The largest absolute Gasteiger partial charge is 0.435 e. The average Bonchev–Trinajstić information content (AvgIpc) is 3.06. The van der Waals surface area contributed by atoms with Crippen LogP contribution in [-0.4, -0.2) is 28.8 Å². The van der Waals surface area contributed by atoms with Gasteiger partial charge in [0.25, 0.3) is 0 Å². The molecule has 0 aromatic heterocycles. The van der Waals surface area contributed by atoms with Crippen LogP contribution in [0.25, 0.3) is 5.70 Å². The van der Waals surface area contributed by atoms with Crippen molar-refractivity contribution in [2.24, 2.45) is 4.99 Å². The van der Waals surface area contributed by atoms with E-state index in [0.717, 1.165) is 16.4 Å². The molecule has 0 saturated heterocycles. The summed E-state index contributed by atoms with van der Waals surface area (Å²) in [6.07, 6.45) is 4.84. The van der Waals surface area contributed by atoms with E-state index >= 15 is 0 Å². The van der Waals surface area contributed by atoms with Crippen LogP contribution in [0.2, 0.25) is 0 Å². The van der Waals surface area contributed by atoms with Crippen LogP contribution in [0, 0.1) is 0 Å². The van der Waals surface area contributed by atoms with Crippen molar-refractivity contribution in [3.05, 3.63) is 35.2 Å². The Bertz CT molecular complexity index is 630. The highest BCUT2D eigenvalue weighted by molar-refractivity contribution is 8.16. The van der Waals surface area contributed by atoms with Crippen molar-refractivity contribution in [3.63, 3.8) is 0 Å². The van der Waals surface area contributed by atoms with E-state index in [9.17, 15) is 8.78 Å². The molecule has 4 rings (SSSR count). The van der Waals surface area contributed by atoms with Gasteiger partial charge in [-0.1, -0.05) is 24.6 Å². The summed E-state index contributed by atoms with van der Waals surface area (Å²) in [5, 5.41) is 3.19. The highest BCUT2D eigenvalue weighted by Gasteiger charge is 2.42. The maximum atomic E-state index is 12.2. The predicted octanol–water partition coefficient (Wildman–Crippen LogP) is 4.32. The Balaban J connectivity index is 1.57. The smallest absolute Gasteiger partial charge is 0.387 e. The van der Waals surface area contributed by atoms with Gasteiger partial charge in [-0.25, -0.2) is 0 Å². The van der Waals surface area contributed by atoms with E-state index < -0.39 is 6.61 Å². The standard InChI is InChI=1S/C16H16F2N2OS/c17-15(18)21-11-7-5-10(6-8-11)14-9-22-16-19-12-3-1-2-4-13(12)20(14)16/h5-9,12-13,15H,1-4H2/t12-,13-/m0/s1. The minimum Gasteiger partial charge on any atom is -0.435 e. The van der Waals surface area contributed by atoms with Crippen LogP contribution in [0.5, 0.6) is 5.75 Å². The third-order valence-electron chi connectivity index (χ3n) is 4.42. The normalized spacial score (nSPS) is 26.6. The molecule has 1 fully saturated rings. The number of benzene rings is 1. The van der Waals surface area contributed by atoms with Crippen LogP contribution < -0.4 is 4.74 Å². The quantitative estimate of drug-likeness (QED) is 0.829. The number of thioether (sulfide) groups is 1. The summed E-state index contributed by atoms with van der Waals surface area (Å²) >= 11 is 1.66. The first kappa shape index (κ1) is 14.1. The lowest BCUT2D eigenvalue weighted by atomic mass is 9.90. The van der Waals surface area contributed by atoms with Gasteiger partial charge in [-0.2, -0.15) is 8.78 Å². The van der Waals surface area contributed by atoms with Crippen LogP contribution in [-0.2, 0) is 0 Å². The Kier molecular flexibility index (Phi) is 3.56. The first-order valence-corrected chi connectivity index (χ1v) is 8.39. The molecule has 22 heavy (non-hydrogen) atoms. The number of aliphatic imine (C=N–C) groups is 1. The van der Waals surface area contributed by atoms with Crippen LogP contribution in [0.4, 0.5) is 8.78 Å². The zero-order valence-electron chi connectivity index (χ0n) is 11.9. The minimum absolute atomic E-state index is 0.191. The molecular weight excluding hydrogens is 306 g/mol. The third kappa shape index (κ3) is 2.39. The number of fused-ring (bicyclic) bond motifs is 3. The van der Waals surface area contributed by atoms with Crippen molar-refractivity contribution < 1.29 is 13.5 Å². The lowest BCUT2D eigenvalue weighted by Gasteiger charge is -2.32. The molecule has 2 heterocycles. The number of alkyl halides is 2. The molecule has 2 aliphatic heterocycles. The molecule has 0 N–H and O–H groups in total. The number of hydrogen-bond donors (Lipinski definition) is 0. The Morgan fingerprint density at radius 2 is 1.95 bits per heavy atom. The van der Waals surface area contributed by atoms with E-state index in [1.807, 2.05) is 12.1 Å². The molecule has 0 bridgehead atoms. The molecule has 6 heteroatoms. The summed E-state index contributed by atoms with van der Waals surface area (Å²) in [7, 11) is 0. The van der Waals surface area contributed by atoms with E-state index in [0.29, 0.717) is 12.1 Å². The van der Waals surface area contributed by atoms with Gasteiger partial charge in [0.15, 0.2) is 5.17 Å². The topological polar surface area (TPSA) is 24.8 Å². The number of nitrogens with zero attached hydrogens (tertiary/aromatic N) is 2. The van der Waals surface area contributed by atoms with Gasteiger partial charge in [0.05, 0.1) is 17.8 Å².